The van der Waals surface area contributed by atoms with E-state index in [1.807, 2.05) is 24.3 Å². The van der Waals surface area contributed by atoms with Gasteiger partial charge in [-0.2, -0.15) is 4.37 Å². The van der Waals surface area contributed by atoms with Crippen molar-refractivity contribution in [3.63, 3.8) is 0 Å². The molecule has 4 nitrogen and oxygen atoms in total. The summed E-state index contributed by atoms with van der Waals surface area (Å²) in [6.07, 6.45) is 1.89. The number of nitrogens with zero attached hydrogens (tertiary/aromatic N) is 2. The maximum Gasteiger partial charge on any atom is 0.170 e. The minimum absolute atomic E-state index is 0.568. The van der Waals surface area contributed by atoms with Crippen molar-refractivity contribution < 1.29 is 4.74 Å². The van der Waals surface area contributed by atoms with Gasteiger partial charge in [0, 0.05) is 18.7 Å². The van der Waals surface area contributed by atoms with Gasteiger partial charge in [0.05, 0.1) is 6.61 Å². The van der Waals surface area contributed by atoms with Crippen LogP contribution in [0.25, 0.3) is 0 Å². The molecule has 20 heavy (non-hydrogen) atoms. The molecule has 0 unspecified atom stereocenters. The van der Waals surface area contributed by atoms with Crippen LogP contribution in [-0.2, 0) is 13.0 Å². The number of nitrogens with two attached hydrogens (primary N) is 1. The fourth-order valence-electron chi connectivity index (χ4n) is 1.57. The van der Waals surface area contributed by atoms with Gasteiger partial charge in [-0.25, -0.2) is 4.98 Å². The van der Waals surface area contributed by atoms with Crippen molar-refractivity contribution in [1.82, 2.24) is 9.36 Å². The Morgan fingerprint density at radius 2 is 2.10 bits per heavy atom. The van der Waals surface area contributed by atoms with Gasteiger partial charge < -0.3 is 10.5 Å². The highest BCUT2D eigenvalue weighted by molar-refractivity contribution is 8.00. The molecule has 0 aliphatic carbocycles. The summed E-state index contributed by atoms with van der Waals surface area (Å²) in [6.45, 7) is 3.35. The summed E-state index contributed by atoms with van der Waals surface area (Å²) < 4.78 is 11.0. The highest BCUT2D eigenvalue weighted by Crippen LogP contribution is 2.21. The first-order chi connectivity index (χ1) is 9.81. The lowest BCUT2D eigenvalue weighted by Crippen LogP contribution is -2.00. The lowest BCUT2D eigenvalue weighted by atomic mass is 10.2. The third-order valence-corrected chi connectivity index (χ3v) is 4.67. The van der Waals surface area contributed by atoms with Gasteiger partial charge in [-0.3, -0.25) is 0 Å². The Morgan fingerprint density at radius 1 is 1.30 bits per heavy atom. The second-order valence-electron chi connectivity index (χ2n) is 4.23. The molecule has 2 aromatic rings. The summed E-state index contributed by atoms with van der Waals surface area (Å²) >= 11 is 3.23. The van der Waals surface area contributed by atoms with Crippen LogP contribution >= 0.6 is 23.3 Å². The van der Waals surface area contributed by atoms with Crippen LogP contribution in [-0.4, -0.2) is 21.7 Å². The van der Waals surface area contributed by atoms with Crippen molar-refractivity contribution in [2.75, 3.05) is 12.4 Å². The standard InChI is InChI=1S/C14H19N3OS2/c1-2-13-16-14(20-17-13)19-9-3-8-18-12-6-4-11(10-15)5-7-12/h4-7H,2-3,8-10,15H2,1H3. The summed E-state index contributed by atoms with van der Waals surface area (Å²) in [6, 6.07) is 7.93. The molecule has 2 rings (SSSR count). The van der Waals surface area contributed by atoms with Gasteiger partial charge in [0.1, 0.15) is 11.6 Å². The van der Waals surface area contributed by atoms with Crippen LogP contribution < -0.4 is 10.5 Å². The Labute approximate surface area is 127 Å². The van der Waals surface area contributed by atoms with Crippen LogP contribution in [0, 0.1) is 0 Å². The van der Waals surface area contributed by atoms with Gasteiger partial charge >= 0.3 is 0 Å². The maximum atomic E-state index is 5.68. The molecular formula is C14H19N3OS2. The second kappa shape index (κ2) is 8.24. The quantitative estimate of drug-likeness (QED) is 0.599. The molecule has 0 radical (unpaired) electrons. The molecule has 0 amide bonds. The summed E-state index contributed by atoms with van der Waals surface area (Å²) in [5.74, 6) is 2.84. The lowest BCUT2D eigenvalue weighted by molar-refractivity contribution is 0.318. The molecule has 0 fully saturated rings. The van der Waals surface area contributed by atoms with Gasteiger partial charge in [-0.05, 0) is 35.6 Å². The number of rotatable bonds is 8. The molecular weight excluding hydrogens is 290 g/mol. The van der Waals surface area contributed by atoms with Gasteiger partial charge in [-0.1, -0.05) is 30.8 Å². The van der Waals surface area contributed by atoms with E-state index in [1.165, 1.54) is 11.5 Å². The normalized spacial score (nSPS) is 10.7. The zero-order valence-corrected chi connectivity index (χ0v) is 13.2. The van der Waals surface area contributed by atoms with E-state index in [2.05, 4.69) is 16.3 Å². The van der Waals surface area contributed by atoms with Crippen LogP contribution in [0.15, 0.2) is 28.6 Å². The predicted molar refractivity (Wildman–Crippen MR) is 84.5 cm³/mol. The van der Waals surface area contributed by atoms with E-state index < -0.39 is 0 Å². The fraction of sp³-hybridized carbons (Fsp3) is 0.429. The van der Waals surface area contributed by atoms with E-state index in [0.717, 1.165) is 40.1 Å². The molecule has 108 valence electrons. The highest BCUT2D eigenvalue weighted by Gasteiger charge is 2.02. The SMILES string of the molecule is CCc1nsc(SCCCOc2ccc(CN)cc2)n1. The highest BCUT2D eigenvalue weighted by atomic mass is 32.2. The van der Waals surface area contributed by atoms with Crippen molar-refractivity contribution >= 4 is 23.3 Å². The van der Waals surface area contributed by atoms with Crippen molar-refractivity contribution in [3.05, 3.63) is 35.7 Å². The first-order valence-electron chi connectivity index (χ1n) is 6.69. The smallest absolute Gasteiger partial charge is 0.170 e. The molecule has 0 bridgehead atoms. The molecule has 0 aliphatic heterocycles. The predicted octanol–water partition coefficient (Wildman–Crippen LogP) is 3.12. The van der Waals surface area contributed by atoms with Crippen LogP contribution in [0.1, 0.15) is 24.7 Å². The minimum Gasteiger partial charge on any atom is -0.494 e. The zero-order chi connectivity index (χ0) is 14.2. The third-order valence-electron chi connectivity index (χ3n) is 2.71. The molecule has 0 saturated carbocycles. The van der Waals surface area contributed by atoms with Crippen molar-refractivity contribution in [1.29, 1.82) is 0 Å². The average molecular weight is 309 g/mol. The average Bonchev–Trinajstić information content (AvgIpc) is 2.95. The summed E-state index contributed by atoms with van der Waals surface area (Å²) in [5, 5.41) is 0. The molecule has 0 spiro atoms. The topological polar surface area (TPSA) is 61.0 Å². The number of aryl methyl sites for hydroxylation is 1. The maximum absolute atomic E-state index is 5.68. The third kappa shape index (κ3) is 4.77. The van der Waals surface area contributed by atoms with E-state index in [0.29, 0.717) is 13.2 Å². The molecule has 1 aromatic heterocycles. The Balaban J connectivity index is 1.63. The Hall–Kier alpha value is -1.11. The van der Waals surface area contributed by atoms with Crippen LogP contribution in [0.3, 0.4) is 0 Å². The Bertz CT molecular complexity index is 513. The van der Waals surface area contributed by atoms with Gasteiger partial charge in [0.15, 0.2) is 4.34 Å². The number of hydrogen-bond acceptors (Lipinski definition) is 6. The summed E-state index contributed by atoms with van der Waals surface area (Å²) in [7, 11) is 0. The van der Waals surface area contributed by atoms with Crippen molar-refractivity contribution in [2.45, 2.75) is 30.6 Å². The van der Waals surface area contributed by atoms with Gasteiger partial charge in [0.2, 0.25) is 0 Å². The van der Waals surface area contributed by atoms with Crippen LogP contribution in [0.4, 0.5) is 0 Å². The molecule has 0 aliphatic rings. The number of ether oxygens (including phenoxy) is 1. The number of benzene rings is 1. The first-order valence-corrected chi connectivity index (χ1v) is 8.45. The van der Waals surface area contributed by atoms with Crippen molar-refractivity contribution in [3.8, 4) is 5.75 Å². The second-order valence-corrected chi connectivity index (χ2v) is 6.32. The van der Waals surface area contributed by atoms with E-state index >= 15 is 0 Å². The zero-order valence-electron chi connectivity index (χ0n) is 11.5. The minimum atomic E-state index is 0.568. The fourth-order valence-corrected chi connectivity index (χ4v) is 3.25. The largest absolute Gasteiger partial charge is 0.494 e. The van der Waals surface area contributed by atoms with Gasteiger partial charge in [0.25, 0.3) is 0 Å². The molecule has 1 aromatic carbocycles. The van der Waals surface area contributed by atoms with E-state index in [9.17, 15) is 0 Å². The molecule has 0 atom stereocenters. The number of thioether (sulfide) groups is 1. The van der Waals surface area contributed by atoms with E-state index in [1.54, 1.807) is 11.8 Å². The molecule has 6 heteroatoms. The first kappa shape index (κ1) is 15.3. The molecule has 0 saturated heterocycles. The summed E-state index contributed by atoms with van der Waals surface area (Å²) in [5.41, 5.74) is 6.67. The molecule has 2 N–H and O–H groups in total. The molecule has 1 heterocycles. The van der Waals surface area contributed by atoms with Crippen LogP contribution in [0.2, 0.25) is 0 Å². The van der Waals surface area contributed by atoms with Crippen molar-refractivity contribution in [2.24, 2.45) is 5.73 Å². The van der Waals surface area contributed by atoms with Crippen LogP contribution in [0.5, 0.6) is 5.75 Å². The summed E-state index contributed by atoms with van der Waals surface area (Å²) in [4.78, 5) is 4.42. The monoisotopic (exact) mass is 309 g/mol. The van der Waals surface area contributed by atoms with Gasteiger partial charge in [-0.15, -0.1) is 0 Å². The Morgan fingerprint density at radius 3 is 2.75 bits per heavy atom. The Kier molecular flexibility index (Phi) is 6.29. The lowest BCUT2D eigenvalue weighted by Gasteiger charge is -2.06. The van der Waals surface area contributed by atoms with E-state index in [-0.39, 0.29) is 0 Å². The number of hydrogen-bond donors (Lipinski definition) is 1. The van der Waals surface area contributed by atoms with E-state index in [4.69, 9.17) is 10.5 Å². The number of aromatic nitrogens is 2.